The Bertz CT molecular complexity index is 397. The molecule has 0 aromatic carbocycles. The fourth-order valence-corrected chi connectivity index (χ4v) is 1.94. The van der Waals surface area contributed by atoms with Crippen LogP contribution in [0.1, 0.15) is 12.6 Å². The van der Waals surface area contributed by atoms with Crippen molar-refractivity contribution in [2.75, 3.05) is 34.3 Å². The quantitative estimate of drug-likeness (QED) is 0.736. The van der Waals surface area contributed by atoms with Gasteiger partial charge in [0.25, 0.3) is 0 Å². The van der Waals surface area contributed by atoms with E-state index in [1.165, 1.54) is 7.11 Å². The van der Waals surface area contributed by atoms with Crippen molar-refractivity contribution in [2.45, 2.75) is 18.9 Å². The number of pyridine rings is 1. The van der Waals surface area contributed by atoms with Crippen LogP contribution in [0.2, 0.25) is 0 Å². The van der Waals surface area contributed by atoms with E-state index in [1.54, 1.807) is 13.2 Å². The van der Waals surface area contributed by atoms with Gasteiger partial charge in [-0.25, -0.2) is 0 Å². The predicted molar refractivity (Wildman–Crippen MR) is 74.9 cm³/mol. The zero-order chi connectivity index (χ0) is 14.3. The number of nitrogens with one attached hydrogen (secondary N) is 1. The third kappa shape index (κ3) is 4.61. The van der Waals surface area contributed by atoms with E-state index >= 15 is 0 Å². The summed E-state index contributed by atoms with van der Waals surface area (Å²) in [6.45, 7) is 3.27. The maximum absolute atomic E-state index is 11.8. The van der Waals surface area contributed by atoms with Gasteiger partial charge in [-0.2, -0.15) is 0 Å². The van der Waals surface area contributed by atoms with Crippen molar-refractivity contribution in [3.63, 3.8) is 0 Å². The number of likely N-dealkylation sites (N-methyl/N-ethyl adjacent to an activating group) is 2. The summed E-state index contributed by atoms with van der Waals surface area (Å²) in [5.74, 6) is -0.250. The molecule has 0 aliphatic rings. The molecule has 0 aliphatic heterocycles. The van der Waals surface area contributed by atoms with Gasteiger partial charge in [-0.1, -0.05) is 6.07 Å². The van der Waals surface area contributed by atoms with E-state index in [1.807, 2.05) is 32.2 Å². The molecule has 0 amide bonds. The van der Waals surface area contributed by atoms with E-state index in [0.717, 1.165) is 18.7 Å². The molecule has 1 aromatic rings. The molecule has 0 saturated heterocycles. The summed E-state index contributed by atoms with van der Waals surface area (Å²) >= 11 is 0. The Morgan fingerprint density at radius 3 is 2.79 bits per heavy atom. The largest absolute Gasteiger partial charge is 0.468 e. The van der Waals surface area contributed by atoms with Gasteiger partial charge in [0.1, 0.15) is 5.54 Å². The van der Waals surface area contributed by atoms with Gasteiger partial charge in [-0.05, 0) is 33.2 Å². The first-order valence-corrected chi connectivity index (χ1v) is 6.37. The van der Waals surface area contributed by atoms with Crippen LogP contribution in [0, 0.1) is 0 Å². The molecule has 0 radical (unpaired) electrons. The topological polar surface area (TPSA) is 54.5 Å². The van der Waals surface area contributed by atoms with Crippen LogP contribution < -0.4 is 5.32 Å². The van der Waals surface area contributed by atoms with Crippen molar-refractivity contribution in [3.05, 3.63) is 30.1 Å². The van der Waals surface area contributed by atoms with Gasteiger partial charge in [0.15, 0.2) is 0 Å². The van der Waals surface area contributed by atoms with E-state index in [4.69, 9.17) is 4.74 Å². The van der Waals surface area contributed by atoms with Crippen molar-refractivity contribution in [1.29, 1.82) is 0 Å². The van der Waals surface area contributed by atoms with Gasteiger partial charge < -0.3 is 15.0 Å². The summed E-state index contributed by atoms with van der Waals surface area (Å²) in [4.78, 5) is 18.1. The number of ether oxygens (including phenoxy) is 1. The molecule has 0 bridgehead atoms. The zero-order valence-corrected chi connectivity index (χ0v) is 12.1. The molecule has 19 heavy (non-hydrogen) atoms. The summed E-state index contributed by atoms with van der Waals surface area (Å²) in [5, 5.41) is 3.03. The number of rotatable bonds is 7. The van der Waals surface area contributed by atoms with E-state index in [9.17, 15) is 4.79 Å². The van der Waals surface area contributed by atoms with Crippen LogP contribution >= 0.6 is 0 Å². The Kier molecular flexibility index (Phi) is 5.92. The number of esters is 1. The normalized spacial score (nSPS) is 14.2. The van der Waals surface area contributed by atoms with Gasteiger partial charge in [0.05, 0.1) is 7.11 Å². The molecule has 0 aliphatic carbocycles. The number of aromatic nitrogens is 1. The lowest BCUT2D eigenvalue weighted by Gasteiger charge is -2.30. The predicted octanol–water partition coefficient (Wildman–Crippen LogP) is 0.707. The first kappa shape index (κ1) is 15.6. The third-order valence-corrected chi connectivity index (χ3v) is 3.25. The van der Waals surface area contributed by atoms with Crippen molar-refractivity contribution < 1.29 is 9.53 Å². The molecule has 5 nitrogen and oxygen atoms in total. The molecule has 1 unspecified atom stereocenters. The van der Waals surface area contributed by atoms with Crippen LogP contribution in [0.3, 0.4) is 0 Å². The highest BCUT2D eigenvalue weighted by Gasteiger charge is 2.33. The van der Waals surface area contributed by atoms with E-state index < -0.39 is 5.54 Å². The smallest absolute Gasteiger partial charge is 0.327 e. The van der Waals surface area contributed by atoms with Gasteiger partial charge in [0.2, 0.25) is 0 Å². The molecular weight excluding hydrogens is 242 g/mol. The Morgan fingerprint density at radius 2 is 2.26 bits per heavy atom. The lowest BCUT2D eigenvalue weighted by molar-refractivity contribution is -0.148. The first-order valence-electron chi connectivity index (χ1n) is 6.37. The molecule has 106 valence electrons. The second kappa shape index (κ2) is 7.21. The van der Waals surface area contributed by atoms with E-state index in [-0.39, 0.29) is 5.97 Å². The maximum Gasteiger partial charge on any atom is 0.327 e. The molecule has 1 aromatic heterocycles. The van der Waals surface area contributed by atoms with Gasteiger partial charge >= 0.3 is 5.97 Å². The van der Waals surface area contributed by atoms with Crippen LogP contribution in [0.15, 0.2) is 24.4 Å². The SMILES string of the molecule is CNC(C)(CN(C)CCc1ccccn1)C(=O)OC. The summed E-state index contributed by atoms with van der Waals surface area (Å²) in [6.07, 6.45) is 2.65. The van der Waals surface area contributed by atoms with Crippen molar-refractivity contribution in [1.82, 2.24) is 15.2 Å². The molecule has 1 N–H and O–H groups in total. The van der Waals surface area contributed by atoms with Crippen LogP contribution in [0.5, 0.6) is 0 Å². The minimum Gasteiger partial charge on any atom is -0.468 e. The Labute approximate surface area is 115 Å². The average molecular weight is 265 g/mol. The van der Waals surface area contributed by atoms with Gasteiger partial charge in [0, 0.05) is 31.4 Å². The lowest BCUT2D eigenvalue weighted by atomic mass is 10.0. The average Bonchev–Trinajstić information content (AvgIpc) is 2.45. The van der Waals surface area contributed by atoms with Crippen LogP contribution in [-0.2, 0) is 16.0 Å². The molecule has 0 fully saturated rings. The fraction of sp³-hybridized carbons (Fsp3) is 0.571. The minimum absolute atomic E-state index is 0.250. The van der Waals surface area contributed by atoms with E-state index in [2.05, 4.69) is 15.2 Å². The van der Waals surface area contributed by atoms with Crippen molar-refractivity contribution in [2.24, 2.45) is 0 Å². The molecule has 1 rings (SSSR count). The number of nitrogens with zero attached hydrogens (tertiary/aromatic N) is 2. The first-order chi connectivity index (χ1) is 9.01. The van der Waals surface area contributed by atoms with E-state index in [0.29, 0.717) is 6.54 Å². The molecule has 0 saturated carbocycles. The zero-order valence-electron chi connectivity index (χ0n) is 12.1. The number of carbonyl (C=O) groups excluding carboxylic acids is 1. The van der Waals surface area contributed by atoms with Crippen LogP contribution in [0.4, 0.5) is 0 Å². The van der Waals surface area contributed by atoms with Crippen molar-refractivity contribution in [3.8, 4) is 0 Å². The maximum atomic E-state index is 11.8. The second-order valence-electron chi connectivity index (χ2n) is 4.88. The number of carbonyl (C=O) groups is 1. The highest BCUT2D eigenvalue weighted by molar-refractivity contribution is 5.80. The monoisotopic (exact) mass is 265 g/mol. The summed E-state index contributed by atoms with van der Waals surface area (Å²) in [6, 6.07) is 5.89. The van der Waals surface area contributed by atoms with Gasteiger partial charge in [-0.15, -0.1) is 0 Å². The number of hydrogen-bond acceptors (Lipinski definition) is 5. The standard InChI is InChI=1S/C14H23N3O2/c1-14(15-2,13(18)19-4)11-17(3)10-8-12-7-5-6-9-16-12/h5-7,9,15H,8,10-11H2,1-4H3. The third-order valence-electron chi connectivity index (χ3n) is 3.25. The highest BCUT2D eigenvalue weighted by Crippen LogP contribution is 2.08. The Morgan fingerprint density at radius 1 is 1.53 bits per heavy atom. The van der Waals surface area contributed by atoms with Crippen LogP contribution in [-0.4, -0.2) is 55.7 Å². The summed E-state index contributed by atoms with van der Waals surface area (Å²) in [7, 11) is 5.16. The molecule has 1 heterocycles. The van der Waals surface area contributed by atoms with Crippen LogP contribution in [0.25, 0.3) is 0 Å². The van der Waals surface area contributed by atoms with Gasteiger partial charge in [-0.3, -0.25) is 9.78 Å². The minimum atomic E-state index is -0.687. The number of hydrogen-bond donors (Lipinski definition) is 1. The summed E-state index contributed by atoms with van der Waals surface area (Å²) in [5.41, 5.74) is 0.367. The fourth-order valence-electron chi connectivity index (χ4n) is 1.94. The highest BCUT2D eigenvalue weighted by atomic mass is 16.5. The Hall–Kier alpha value is -1.46. The second-order valence-corrected chi connectivity index (χ2v) is 4.88. The number of methoxy groups -OCH3 is 1. The Balaban J connectivity index is 2.50. The van der Waals surface area contributed by atoms with Crippen molar-refractivity contribution >= 4 is 5.97 Å². The molecule has 0 spiro atoms. The molecular formula is C14H23N3O2. The molecule has 5 heteroatoms. The lowest BCUT2D eigenvalue weighted by Crippen LogP contribution is -2.55. The summed E-state index contributed by atoms with van der Waals surface area (Å²) < 4.78 is 4.83. The molecule has 1 atom stereocenters.